The molecule has 0 heterocycles. The van der Waals surface area contributed by atoms with Crippen LogP contribution in [0.25, 0.3) is 0 Å². The number of non-ortho nitro benzene ring substituents is 1. The van der Waals surface area contributed by atoms with Crippen molar-refractivity contribution in [1.29, 1.82) is 0 Å². The van der Waals surface area contributed by atoms with Crippen LogP contribution in [0.2, 0.25) is 0 Å². The van der Waals surface area contributed by atoms with Gasteiger partial charge in [0.15, 0.2) is 5.96 Å². The summed E-state index contributed by atoms with van der Waals surface area (Å²) in [6.45, 7) is 11.7. The zero-order chi connectivity index (χ0) is 36.1. The summed E-state index contributed by atoms with van der Waals surface area (Å²) in [4.78, 5) is 80.6. The fourth-order valence-electron chi connectivity index (χ4n) is 4.43. The van der Waals surface area contributed by atoms with Crippen LogP contribution in [0.1, 0.15) is 67.7 Å². The Labute approximate surface area is 274 Å². The highest BCUT2D eigenvalue weighted by Crippen LogP contribution is 2.23. The van der Waals surface area contributed by atoms with Gasteiger partial charge in [-0.2, -0.15) is 0 Å². The standard InChI is InChI=1S/C30H49N9O8/c1-17(2)15-21(36-27(43)24(18(3)4)37-29(44)47-30(5,6)7)26(42)35-16-23(40)38(19-10-12-20(13-11-19)39(45)46)22(25(31)41)9-8-14-34-28(32)33/h10-13,17-18,21-22,24H,8-9,14-16H2,1-7H3,(H2,31,41)(H,35,42)(H,36,43)(H,37,44)(H4,32,33,34)/t21-,22-,24-/m0/s1. The maximum atomic E-state index is 13.6. The van der Waals surface area contributed by atoms with Crippen molar-refractivity contribution in [3.63, 3.8) is 0 Å². The van der Waals surface area contributed by atoms with E-state index in [9.17, 15) is 34.1 Å². The molecule has 17 nitrogen and oxygen atoms in total. The molecule has 3 atom stereocenters. The van der Waals surface area contributed by atoms with E-state index in [0.717, 1.165) is 17.0 Å². The van der Waals surface area contributed by atoms with E-state index in [1.54, 1.807) is 34.6 Å². The molecule has 9 N–H and O–H groups in total. The number of carbonyl (C=O) groups excluding carboxylic acids is 5. The van der Waals surface area contributed by atoms with Crippen molar-refractivity contribution in [3.05, 3.63) is 34.4 Å². The third kappa shape index (κ3) is 14.3. The number of hydrogen-bond acceptors (Lipinski definition) is 9. The summed E-state index contributed by atoms with van der Waals surface area (Å²) in [6, 6.07) is 1.57. The van der Waals surface area contributed by atoms with Gasteiger partial charge in [0.05, 0.1) is 11.5 Å². The minimum Gasteiger partial charge on any atom is -0.444 e. The largest absolute Gasteiger partial charge is 0.444 e. The van der Waals surface area contributed by atoms with Crippen molar-refractivity contribution in [2.24, 2.45) is 34.0 Å². The molecule has 0 aromatic heterocycles. The second-order valence-corrected chi connectivity index (χ2v) is 12.7. The molecule has 1 aromatic rings. The number of amides is 5. The van der Waals surface area contributed by atoms with Gasteiger partial charge in [-0.15, -0.1) is 0 Å². The Kier molecular flexibility index (Phi) is 15.6. The summed E-state index contributed by atoms with van der Waals surface area (Å²) in [5.41, 5.74) is 15.5. The summed E-state index contributed by atoms with van der Waals surface area (Å²) in [7, 11) is 0. The van der Waals surface area contributed by atoms with Crippen molar-refractivity contribution in [2.75, 3.05) is 18.0 Å². The molecule has 0 unspecified atom stereocenters. The lowest BCUT2D eigenvalue weighted by atomic mass is 10.00. The van der Waals surface area contributed by atoms with Crippen LogP contribution in [-0.4, -0.2) is 77.4 Å². The van der Waals surface area contributed by atoms with E-state index in [0.29, 0.717) is 0 Å². The second-order valence-electron chi connectivity index (χ2n) is 12.7. The number of anilines is 1. The van der Waals surface area contributed by atoms with E-state index in [1.165, 1.54) is 12.1 Å². The zero-order valence-electron chi connectivity index (χ0n) is 28.1. The SMILES string of the molecule is CC(C)C[C@H](NC(=O)[C@@H](NC(=O)OC(C)(C)C)C(C)C)C(=O)NCC(=O)N(c1ccc([N+](=O)[O-])cc1)[C@@H](CCCN=C(N)N)C(N)=O. The Balaban J connectivity index is 3.24. The van der Waals surface area contributed by atoms with E-state index >= 15 is 0 Å². The number of nitrogens with two attached hydrogens (primary N) is 3. The minimum atomic E-state index is -1.22. The van der Waals surface area contributed by atoms with Gasteiger partial charge in [-0.1, -0.05) is 27.7 Å². The van der Waals surface area contributed by atoms with Crippen LogP contribution in [-0.2, 0) is 23.9 Å². The number of primary amides is 1. The summed E-state index contributed by atoms with van der Waals surface area (Å²) in [5.74, 6) is -3.50. The van der Waals surface area contributed by atoms with Crippen molar-refractivity contribution in [1.82, 2.24) is 16.0 Å². The quantitative estimate of drug-likeness (QED) is 0.0453. The van der Waals surface area contributed by atoms with Crippen molar-refractivity contribution >= 4 is 47.1 Å². The van der Waals surface area contributed by atoms with Gasteiger partial charge in [0, 0.05) is 24.4 Å². The number of ether oxygens (including phenoxy) is 1. The molecule has 5 amide bonds. The van der Waals surface area contributed by atoms with Gasteiger partial charge < -0.3 is 37.9 Å². The highest BCUT2D eigenvalue weighted by atomic mass is 16.6. The molecular formula is C30H49N9O8. The molecule has 0 radical (unpaired) electrons. The van der Waals surface area contributed by atoms with Gasteiger partial charge in [-0.25, -0.2) is 4.79 Å². The molecule has 1 rings (SSSR count). The number of nitro groups is 1. The summed E-state index contributed by atoms with van der Waals surface area (Å²) in [6.07, 6.45) is -0.304. The van der Waals surface area contributed by atoms with E-state index in [2.05, 4.69) is 20.9 Å². The molecule has 0 saturated carbocycles. The predicted molar refractivity (Wildman–Crippen MR) is 176 cm³/mol. The van der Waals surface area contributed by atoms with Crippen LogP contribution in [0, 0.1) is 22.0 Å². The number of carbonyl (C=O) groups is 5. The number of alkyl carbamates (subject to hydrolysis) is 1. The molecule has 0 spiro atoms. The molecule has 262 valence electrons. The Morgan fingerprint density at radius 1 is 0.979 bits per heavy atom. The highest BCUT2D eigenvalue weighted by Gasteiger charge is 2.33. The lowest BCUT2D eigenvalue weighted by molar-refractivity contribution is -0.384. The summed E-state index contributed by atoms with van der Waals surface area (Å²) in [5, 5.41) is 18.9. The number of hydrogen-bond donors (Lipinski definition) is 6. The van der Waals surface area contributed by atoms with Gasteiger partial charge in [0.1, 0.15) is 23.7 Å². The smallest absolute Gasteiger partial charge is 0.408 e. The maximum absolute atomic E-state index is 13.6. The zero-order valence-corrected chi connectivity index (χ0v) is 28.1. The monoisotopic (exact) mass is 663 g/mol. The lowest BCUT2D eigenvalue weighted by Gasteiger charge is -2.30. The fourth-order valence-corrected chi connectivity index (χ4v) is 4.43. The number of aliphatic imine (C=N–C) groups is 1. The van der Waals surface area contributed by atoms with Gasteiger partial charge in [0.25, 0.3) is 5.69 Å². The van der Waals surface area contributed by atoms with Crippen molar-refractivity contribution < 1.29 is 33.6 Å². The van der Waals surface area contributed by atoms with E-state index < -0.39 is 64.9 Å². The molecule has 0 aliphatic carbocycles. The average Bonchev–Trinajstić information content (AvgIpc) is 2.94. The van der Waals surface area contributed by atoms with Crippen LogP contribution >= 0.6 is 0 Å². The maximum Gasteiger partial charge on any atom is 0.408 e. The molecule has 47 heavy (non-hydrogen) atoms. The number of benzene rings is 1. The first-order chi connectivity index (χ1) is 21.7. The van der Waals surface area contributed by atoms with E-state index in [4.69, 9.17) is 21.9 Å². The second kappa shape index (κ2) is 18.3. The van der Waals surface area contributed by atoms with E-state index in [1.807, 2.05) is 13.8 Å². The average molecular weight is 664 g/mol. The Morgan fingerprint density at radius 2 is 1.57 bits per heavy atom. The van der Waals surface area contributed by atoms with Crippen LogP contribution < -0.4 is 38.1 Å². The molecule has 0 aliphatic rings. The van der Waals surface area contributed by atoms with Gasteiger partial charge in [0.2, 0.25) is 23.6 Å². The third-order valence-electron chi connectivity index (χ3n) is 6.55. The lowest BCUT2D eigenvalue weighted by Crippen LogP contribution is -2.57. The van der Waals surface area contributed by atoms with Crippen LogP contribution in [0.5, 0.6) is 0 Å². The molecule has 0 fully saturated rings. The highest BCUT2D eigenvalue weighted by molar-refractivity contribution is 6.03. The van der Waals surface area contributed by atoms with Gasteiger partial charge in [-0.05, 0) is 64.0 Å². The predicted octanol–water partition coefficient (Wildman–Crippen LogP) is 1.03. The Morgan fingerprint density at radius 3 is 2.04 bits per heavy atom. The Hall–Kier alpha value is -4.96. The van der Waals surface area contributed by atoms with Crippen LogP contribution in [0.15, 0.2) is 29.3 Å². The molecule has 17 heteroatoms. The van der Waals surface area contributed by atoms with Gasteiger partial charge >= 0.3 is 6.09 Å². The topological polar surface area (TPSA) is 267 Å². The fraction of sp³-hybridized carbons (Fsp3) is 0.600. The molecule has 0 bridgehead atoms. The number of nitrogens with one attached hydrogen (secondary N) is 3. The first kappa shape index (κ1) is 40.1. The van der Waals surface area contributed by atoms with Crippen molar-refractivity contribution in [2.45, 2.75) is 91.5 Å². The molecule has 1 aromatic carbocycles. The molecule has 0 aliphatic heterocycles. The number of nitro benzene ring substituents is 1. The molecule has 0 saturated heterocycles. The first-order valence-corrected chi connectivity index (χ1v) is 15.2. The minimum absolute atomic E-state index is 0.0378. The number of nitrogens with zero attached hydrogens (tertiary/aromatic N) is 3. The van der Waals surface area contributed by atoms with E-state index in [-0.39, 0.29) is 55.0 Å². The van der Waals surface area contributed by atoms with Crippen LogP contribution in [0.3, 0.4) is 0 Å². The normalized spacial score (nSPS) is 13.1. The third-order valence-corrected chi connectivity index (χ3v) is 6.55. The summed E-state index contributed by atoms with van der Waals surface area (Å²) < 4.78 is 5.27. The number of rotatable bonds is 17. The first-order valence-electron chi connectivity index (χ1n) is 15.2. The van der Waals surface area contributed by atoms with Crippen LogP contribution in [0.4, 0.5) is 16.2 Å². The van der Waals surface area contributed by atoms with Crippen molar-refractivity contribution in [3.8, 4) is 0 Å². The van der Waals surface area contributed by atoms with Gasteiger partial charge in [-0.3, -0.25) is 39.2 Å². The summed E-state index contributed by atoms with van der Waals surface area (Å²) >= 11 is 0. The molecular weight excluding hydrogens is 614 g/mol. The Bertz CT molecular complexity index is 1290. The number of guanidine groups is 1.